The molecule has 0 nitrogen and oxygen atoms in total. The third-order valence-corrected chi connectivity index (χ3v) is 0.707. The van der Waals surface area contributed by atoms with Crippen LogP contribution in [0.3, 0.4) is 0 Å². The van der Waals surface area contributed by atoms with Crippen molar-refractivity contribution in [2.45, 2.75) is 24.9 Å². The van der Waals surface area contributed by atoms with Crippen molar-refractivity contribution < 1.29 is 1.43 Å². The zero-order chi connectivity index (χ0) is 4.12. The zero-order valence-corrected chi connectivity index (χ0v) is 4.12. The van der Waals surface area contributed by atoms with Crippen molar-refractivity contribution in [2.24, 2.45) is 0 Å². The molecule has 0 aliphatic carbocycles. The molecule has 0 saturated heterocycles. The van der Waals surface area contributed by atoms with Crippen LogP contribution < -0.4 is 0 Å². The molecule has 1 heteroatoms. The first-order valence-electron chi connectivity index (χ1n) is 2.41. The third-order valence-electron chi connectivity index (χ3n) is 0.707. The molecule has 0 rings (SSSR count). The van der Waals surface area contributed by atoms with E-state index in [0.717, 1.165) is 0 Å². The van der Waals surface area contributed by atoms with E-state index in [4.69, 9.17) is 0 Å². The maximum atomic E-state index is 2.21. The van der Waals surface area contributed by atoms with Crippen LogP contribution in [-0.2, 0) is 0 Å². The van der Waals surface area contributed by atoms with Gasteiger partial charge in [0.05, 0.1) is 0 Å². The van der Waals surface area contributed by atoms with Crippen molar-refractivity contribution in [3.8, 4) is 0 Å². The SMILES string of the molecule is [HH].[Li][CH2]CCC. The molecule has 0 aromatic heterocycles. The zero-order valence-electron chi connectivity index (χ0n) is 4.12. The van der Waals surface area contributed by atoms with E-state index in [-0.39, 0.29) is 1.43 Å². The van der Waals surface area contributed by atoms with Gasteiger partial charge in [0.15, 0.2) is 0 Å². The Labute approximate surface area is 44.6 Å². The van der Waals surface area contributed by atoms with Crippen LogP contribution in [0.15, 0.2) is 0 Å². The Hall–Kier alpha value is 0.597. The summed E-state index contributed by atoms with van der Waals surface area (Å²) in [6.45, 7) is 2.21. The normalized spacial score (nSPS) is 8.60. The Morgan fingerprint density at radius 2 is 2.40 bits per heavy atom. The van der Waals surface area contributed by atoms with Crippen molar-refractivity contribution in [3.63, 3.8) is 0 Å². The van der Waals surface area contributed by atoms with Gasteiger partial charge in [-0.2, -0.15) is 0 Å². The molecule has 0 aromatic carbocycles. The molecule has 0 spiro atoms. The van der Waals surface area contributed by atoms with Crippen molar-refractivity contribution in [2.75, 3.05) is 0 Å². The first-order chi connectivity index (χ1) is 2.41. The van der Waals surface area contributed by atoms with Gasteiger partial charge in [-0.3, -0.25) is 0 Å². The summed E-state index contributed by atoms with van der Waals surface area (Å²) in [5.74, 6) is 0. The summed E-state index contributed by atoms with van der Waals surface area (Å²) >= 11 is 2.21. The van der Waals surface area contributed by atoms with Gasteiger partial charge in [-0.15, -0.1) is 0 Å². The summed E-state index contributed by atoms with van der Waals surface area (Å²) in [6.07, 6.45) is 2.73. The van der Waals surface area contributed by atoms with Gasteiger partial charge in [-0.25, -0.2) is 0 Å². The Morgan fingerprint density at radius 3 is 2.40 bits per heavy atom. The molecular formula is C4H11Li. The van der Waals surface area contributed by atoms with Crippen LogP contribution in [0.4, 0.5) is 0 Å². The predicted octanol–water partition coefficient (Wildman–Crippen LogP) is 1.62. The van der Waals surface area contributed by atoms with Gasteiger partial charge in [-0.05, 0) is 0 Å². The Bertz CT molecular complexity index is 15.0. The van der Waals surface area contributed by atoms with Gasteiger partial charge < -0.3 is 0 Å². The van der Waals surface area contributed by atoms with Gasteiger partial charge in [0, 0.05) is 1.43 Å². The van der Waals surface area contributed by atoms with Gasteiger partial charge in [0.1, 0.15) is 0 Å². The van der Waals surface area contributed by atoms with Crippen molar-refractivity contribution in [3.05, 3.63) is 0 Å². The molecule has 0 bridgehead atoms. The average molecular weight is 66.1 g/mol. The number of rotatable bonds is 2. The van der Waals surface area contributed by atoms with Crippen LogP contribution in [0, 0.1) is 0 Å². The fraction of sp³-hybridized carbons (Fsp3) is 1.00. The van der Waals surface area contributed by atoms with Crippen LogP contribution in [0.2, 0.25) is 5.09 Å². The molecule has 0 atom stereocenters. The Morgan fingerprint density at radius 1 is 1.80 bits per heavy atom. The van der Waals surface area contributed by atoms with Crippen LogP contribution in [-0.4, -0.2) is 17.7 Å². The van der Waals surface area contributed by atoms with Crippen molar-refractivity contribution >= 4 is 17.7 Å². The van der Waals surface area contributed by atoms with E-state index >= 15 is 0 Å². The summed E-state index contributed by atoms with van der Waals surface area (Å²) in [5.41, 5.74) is 0. The minimum absolute atomic E-state index is 0. The maximum absolute atomic E-state index is 2.21. The minimum atomic E-state index is 0. The molecule has 0 aliphatic rings. The quantitative estimate of drug-likeness (QED) is 0.429. The molecule has 28 valence electrons. The molecule has 0 radical (unpaired) electrons. The van der Waals surface area contributed by atoms with Crippen LogP contribution >= 0.6 is 0 Å². The molecule has 0 fully saturated rings. The number of hydrogen-bond acceptors (Lipinski definition) is 0. The second-order valence-corrected chi connectivity index (χ2v) is 1.35. The van der Waals surface area contributed by atoms with Crippen LogP contribution in [0.1, 0.15) is 21.2 Å². The van der Waals surface area contributed by atoms with Crippen molar-refractivity contribution in [1.82, 2.24) is 0 Å². The summed E-state index contributed by atoms with van der Waals surface area (Å²) in [7, 11) is 0. The standard InChI is InChI=1S/C4H9.Li.H2/c1-3-4-2;;/h1,3-4H2,2H3;;1H. The summed E-state index contributed by atoms with van der Waals surface area (Å²) < 4.78 is 0. The average Bonchev–Trinajstić information content (AvgIpc) is 1.41. The second-order valence-electron chi connectivity index (χ2n) is 1.35. The molecule has 5 heavy (non-hydrogen) atoms. The molecule has 0 heterocycles. The number of unbranched alkanes of at least 4 members (excludes halogenated alkanes) is 1. The molecule has 0 aromatic rings. The van der Waals surface area contributed by atoms with Crippen molar-refractivity contribution in [1.29, 1.82) is 0 Å². The Kier molecular flexibility index (Phi) is 5.15. The predicted molar refractivity (Wildman–Crippen MR) is 27.6 cm³/mol. The van der Waals surface area contributed by atoms with E-state index in [1.54, 1.807) is 0 Å². The van der Waals surface area contributed by atoms with Crippen LogP contribution in [0.5, 0.6) is 0 Å². The monoisotopic (exact) mass is 66.1 g/mol. The summed E-state index contributed by atoms with van der Waals surface area (Å²) in [6, 6.07) is 0. The summed E-state index contributed by atoms with van der Waals surface area (Å²) in [4.78, 5) is 0. The molecular weight excluding hydrogens is 55.0 g/mol. The van der Waals surface area contributed by atoms with E-state index in [2.05, 4.69) is 24.6 Å². The van der Waals surface area contributed by atoms with Gasteiger partial charge in [0.2, 0.25) is 0 Å². The molecule has 0 saturated carbocycles. The van der Waals surface area contributed by atoms with E-state index in [0.29, 0.717) is 0 Å². The van der Waals surface area contributed by atoms with Gasteiger partial charge in [-0.1, -0.05) is 0 Å². The second kappa shape index (κ2) is 4.60. The van der Waals surface area contributed by atoms with Gasteiger partial charge in [0.25, 0.3) is 0 Å². The molecule has 0 unspecified atom stereocenters. The van der Waals surface area contributed by atoms with E-state index in [9.17, 15) is 0 Å². The first kappa shape index (κ1) is 5.60. The van der Waals surface area contributed by atoms with E-state index < -0.39 is 0 Å². The molecule has 0 aliphatic heterocycles. The third kappa shape index (κ3) is 4.60. The molecule has 0 N–H and O–H groups in total. The van der Waals surface area contributed by atoms with Crippen LogP contribution in [0.25, 0.3) is 0 Å². The Balaban J connectivity index is 0. The topological polar surface area (TPSA) is 0 Å². The summed E-state index contributed by atoms with van der Waals surface area (Å²) in [5, 5.41) is 1.34. The fourth-order valence-electron chi connectivity index (χ4n) is 0.354. The first-order valence-corrected chi connectivity index (χ1v) is 2.41. The fourth-order valence-corrected chi connectivity index (χ4v) is 0.354. The molecule has 0 amide bonds. The van der Waals surface area contributed by atoms with Gasteiger partial charge >= 0.3 is 42.6 Å². The van der Waals surface area contributed by atoms with E-state index in [1.165, 1.54) is 17.9 Å². The number of hydrogen-bond donors (Lipinski definition) is 0. The van der Waals surface area contributed by atoms with E-state index in [1.807, 2.05) is 0 Å².